The molecule has 9 heteroatoms. The topological polar surface area (TPSA) is 0 Å². The Kier molecular flexibility index (Phi) is 10.9. The van der Waals surface area contributed by atoms with Crippen molar-refractivity contribution in [1.82, 2.24) is 0 Å². The molecule has 0 atom stereocenters. The van der Waals surface area contributed by atoms with E-state index >= 15 is 0 Å². The van der Waals surface area contributed by atoms with E-state index in [-0.39, 0.29) is 16.2 Å². The molecular weight excluding hydrogens is 1120 g/mol. The molecule has 16 rings (SSSR count). The fraction of sp³-hybridized carbons (Fsp3) is 0.130. The first-order valence-electron chi connectivity index (χ1n) is 26.3. The quantitative estimate of drug-likeness (QED) is 0.135. The summed E-state index contributed by atoms with van der Waals surface area (Å²) in [4.78, 5) is 19.9. The molecule has 3 aliphatic rings. The summed E-state index contributed by atoms with van der Waals surface area (Å²) in [6.07, 6.45) is 0. The molecule has 9 heterocycles. The van der Waals surface area contributed by atoms with Crippen LogP contribution in [0.4, 0.5) is 0 Å². The molecule has 9 aromatic heterocycles. The van der Waals surface area contributed by atoms with Crippen LogP contribution in [0.15, 0.2) is 180 Å². The van der Waals surface area contributed by atoms with E-state index in [1.54, 1.807) is 0 Å². The standard InChI is InChI=1S/C69H48S9/c1-67(2)43-16-13-37(46-19-22-55(73-46)58-28-25-52(76-58)49-10-7-31-70-49)34-40(43)61-64(67)62-41-35-38(47-20-23-56(74-47)59-29-26-53(77-59)50-11-8-32-71-50)14-17-44(41)68(3,4)66(62)63-42-36-39(15-18-45(42)69(5,6)65(61)63)48-21-24-57(75-48)60-30-27-54(78-60)51-12-9-33-72-51/h7-36H,1-6H3. The zero-order valence-corrected chi connectivity index (χ0v) is 50.8. The van der Waals surface area contributed by atoms with E-state index in [4.69, 9.17) is 0 Å². The van der Waals surface area contributed by atoms with Gasteiger partial charge in [-0.25, -0.2) is 0 Å². The lowest BCUT2D eigenvalue weighted by molar-refractivity contribution is 0.636. The molecule has 4 aromatic carbocycles. The minimum absolute atomic E-state index is 0.254. The van der Waals surface area contributed by atoms with Crippen LogP contribution in [-0.4, -0.2) is 0 Å². The molecule has 0 unspecified atom stereocenters. The zero-order chi connectivity index (χ0) is 52.4. The number of benzene rings is 4. The Morgan fingerprint density at radius 2 is 0.474 bits per heavy atom. The fourth-order valence-electron chi connectivity index (χ4n) is 13.1. The molecule has 0 N–H and O–H groups in total. The van der Waals surface area contributed by atoms with Gasteiger partial charge < -0.3 is 0 Å². The van der Waals surface area contributed by atoms with Crippen molar-refractivity contribution in [1.29, 1.82) is 0 Å². The molecular formula is C69H48S9. The molecule has 13 aromatic rings. The minimum Gasteiger partial charge on any atom is -0.143 e. The van der Waals surface area contributed by atoms with Crippen LogP contribution in [0, 0.1) is 0 Å². The van der Waals surface area contributed by atoms with E-state index in [9.17, 15) is 0 Å². The van der Waals surface area contributed by atoms with E-state index in [2.05, 4.69) is 221 Å². The van der Waals surface area contributed by atoms with Gasteiger partial charge in [-0.15, -0.1) is 102 Å². The van der Waals surface area contributed by atoms with Gasteiger partial charge in [0.2, 0.25) is 0 Å². The number of hydrogen-bond acceptors (Lipinski definition) is 9. The molecule has 0 bridgehead atoms. The Morgan fingerprint density at radius 1 is 0.244 bits per heavy atom. The van der Waals surface area contributed by atoms with Crippen LogP contribution < -0.4 is 0 Å². The van der Waals surface area contributed by atoms with E-state index in [1.807, 2.05) is 102 Å². The third-order valence-electron chi connectivity index (χ3n) is 16.8. The smallest absolute Gasteiger partial charge is 0.0449 e. The van der Waals surface area contributed by atoms with Crippen molar-refractivity contribution < 1.29 is 0 Å². The summed E-state index contributed by atoms with van der Waals surface area (Å²) in [6.45, 7) is 15.1. The normalized spacial score (nSPS) is 14.8. The van der Waals surface area contributed by atoms with Gasteiger partial charge in [-0.05, 0) is 209 Å². The van der Waals surface area contributed by atoms with Gasteiger partial charge in [0.1, 0.15) is 0 Å². The molecule has 0 saturated heterocycles. The van der Waals surface area contributed by atoms with Gasteiger partial charge in [0, 0.05) is 89.4 Å². The van der Waals surface area contributed by atoms with Crippen LogP contribution in [-0.2, 0) is 16.2 Å². The van der Waals surface area contributed by atoms with Gasteiger partial charge in [-0.1, -0.05) is 96.1 Å². The Labute approximate surface area is 491 Å². The molecule has 0 saturated carbocycles. The summed E-state index contributed by atoms with van der Waals surface area (Å²) >= 11 is 16.9. The first-order valence-corrected chi connectivity index (χ1v) is 33.9. The number of thiophene rings is 9. The first kappa shape index (κ1) is 48.1. The van der Waals surface area contributed by atoms with E-state index in [0.29, 0.717) is 0 Å². The molecule has 0 nitrogen and oxygen atoms in total. The maximum Gasteiger partial charge on any atom is 0.0449 e. The highest BCUT2D eigenvalue weighted by molar-refractivity contribution is 7.28. The maximum atomic E-state index is 2.57. The van der Waals surface area contributed by atoms with Gasteiger partial charge in [-0.3, -0.25) is 0 Å². The molecule has 378 valence electrons. The highest BCUT2D eigenvalue weighted by atomic mass is 32.1. The average Bonchev–Trinajstić information content (AvgIpc) is 3.37. The molecule has 0 fully saturated rings. The molecule has 3 aliphatic carbocycles. The SMILES string of the molecule is CC1(C)c2ccc(-c3ccc(-c4ccc(-c5cccs5)s4)s3)cc2-c2c1c1c(c3c2C(C)(C)c2ccc(-c4ccc(-c5ccc(-c6cccs6)s5)s4)cc2-3)C(C)(C)c2ccc(-c3ccc(-c4ccc(-c5cccs5)s4)s3)cc2-1. The van der Waals surface area contributed by atoms with Gasteiger partial charge in [0.15, 0.2) is 0 Å². The highest BCUT2D eigenvalue weighted by Crippen LogP contribution is 2.68. The number of hydrogen-bond donors (Lipinski definition) is 0. The third-order valence-corrected chi connectivity index (χ3v) is 27.2. The van der Waals surface area contributed by atoms with Crippen molar-refractivity contribution in [3.63, 3.8) is 0 Å². The average molecular weight is 1170 g/mol. The van der Waals surface area contributed by atoms with E-state index in [1.165, 1.54) is 157 Å². The predicted octanol–water partition coefficient (Wildman–Crippen LogP) is 24.2. The summed E-state index contributed by atoms with van der Waals surface area (Å²) in [5.74, 6) is 0. The van der Waals surface area contributed by atoms with Crippen molar-refractivity contribution in [2.24, 2.45) is 0 Å². The highest BCUT2D eigenvalue weighted by Gasteiger charge is 2.52. The Morgan fingerprint density at radius 3 is 0.718 bits per heavy atom. The first-order chi connectivity index (χ1) is 37.9. The summed E-state index contributed by atoms with van der Waals surface area (Å²) < 4.78 is 0. The number of fused-ring (bicyclic) bond motifs is 12. The summed E-state index contributed by atoms with van der Waals surface area (Å²) in [6, 6.07) is 63.4. The lowest BCUT2D eigenvalue weighted by Gasteiger charge is -2.31. The fourth-order valence-corrected chi connectivity index (χ4v) is 21.9. The molecule has 0 radical (unpaired) electrons. The van der Waals surface area contributed by atoms with Gasteiger partial charge in [0.05, 0.1) is 0 Å². The second-order valence-corrected chi connectivity index (χ2v) is 31.7. The molecule has 0 amide bonds. The van der Waals surface area contributed by atoms with Crippen LogP contribution >= 0.6 is 102 Å². The van der Waals surface area contributed by atoms with E-state index < -0.39 is 0 Å². The predicted molar refractivity (Wildman–Crippen MR) is 349 cm³/mol. The maximum absolute atomic E-state index is 2.57. The zero-order valence-electron chi connectivity index (χ0n) is 43.5. The molecule has 78 heavy (non-hydrogen) atoms. The Hall–Kier alpha value is -5.82. The van der Waals surface area contributed by atoms with Gasteiger partial charge in [-0.2, -0.15) is 0 Å². The molecule has 0 spiro atoms. The largest absolute Gasteiger partial charge is 0.143 e. The van der Waals surface area contributed by atoms with Crippen molar-refractivity contribution >= 4 is 102 Å². The number of rotatable bonds is 9. The van der Waals surface area contributed by atoms with Crippen LogP contribution in [0.25, 0.3) is 123 Å². The van der Waals surface area contributed by atoms with Crippen LogP contribution in [0.2, 0.25) is 0 Å². The monoisotopic (exact) mass is 1160 g/mol. The van der Waals surface area contributed by atoms with E-state index in [0.717, 1.165) is 0 Å². The Balaban J connectivity index is 0.874. The van der Waals surface area contributed by atoms with Crippen molar-refractivity contribution in [3.8, 4) is 123 Å². The second kappa shape index (κ2) is 17.6. The van der Waals surface area contributed by atoms with Crippen LogP contribution in [0.3, 0.4) is 0 Å². The minimum atomic E-state index is -0.254. The van der Waals surface area contributed by atoms with Crippen molar-refractivity contribution in [3.05, 3.63) is 213 Å². The molecule has 0 aliphatic heterocycles. The lowest BCUT2D eigenvalue weighted by Crippen LogP contribution is -2.22. The van der Waals surface area contributed by atoms with Crippen molar-refractivity contribution in [2.75, 3.05) is 0 Å². The third kappa shape index (κ3) is 7.19. The summed E-state index contributed by atoms with van der Waals surface area (Å²) in [5, 5.41) is 6.52. The summed E-state index contributed by atoms with van der Waals surface area (Å²) in [5.41, 5.74) is 20.4. The van der Waals surface area contributed by atoms with Crippen LogP contribution in [0.5, 0.6) is 0 Å². The van der Waals surface area contributed by atoms with Gasteiger partial charge in [0.25, 0.3) is 0 Å². The Bertz CT molecular complexity index is 4040. The van der Waals surface area contributed by atoms with Crippen LogP contribution in [0.1, 0.15) is 74.9 Å². The van der Waals surface area contributed by atoms with Gasteiger partial charge >= 0.3 is 0 Å². The summed E-state index contributed by atoms with van der Waals surface area (Å²) in [7, 11) is 0. The second-order valence-electron chi connectivity index (χ2n) is 22.3. The lowest BCUT2D eigenvalue weighted by atomic mass is 9.71. The van der Waals surface area contributed by atoms with Crippen molar-refractivity contribution in [2.45, 2.75) is 57.8 Å².